The minimum atomic E-state index is -0.390. The summed E-state index contributed by atoms with van der Waals surface area (Å²) in [6.45, 7) is 2.64. The van der Waals surface area contributed by atoms with E-state index in [1.165, 1.54) is 24.7 Å². The van der Waals surface area contributed by atoms with Gasteiger partial charge in [-0.2, -0.15) is 0 Å². The van der Waals surface area contributed by atoms with Crippen molar-refractivity contribution in [3.63, 3.8) is 0 Å². The van der Waals surface area contributed by atoms with Crippen LogP contribution in [0.1, 0.15) is 49.2 Å². The van der Waals surface area contributed by atoms with Crippen LogP contribution in [0.15, 0.2) is 89.8 Å². The number of aryl methyl sites for hydroxylation is 1. The van der Waals surface area contributed by atoms with Gasteiger partial charge in [-0.05, 0) is 38.2 Å². The molecule has 0 amide bonds. The van der Waals surface area contributed by atoms with Crippen LogP contribution in [0, 0.1) is 6.92 Å². The van der Waals surface area contributed by atoms with Crippen molar-refractivity contribution in [1.29, 1.82) is 0 Å². The second-order valence-electron chi connectivity index (χ2n) is 8.09. The number of thioether (sulfide) groups is 1. The van der Waals surface area contributed by atoms with Crippen LogP contribution >= 0.6 is 11.8 Å². The standard InChI is InChI=1S/C13H10O.C10H18O6.C8H10S.2CH4/c14-13(11-7-3-1-4-8-11)12-9-5-2-6-10-12;1-13-7-9(11)15-5-3-4-6-16-10(12)8-14-2;1-7-3-5-8(9-2)6-4-7;;/h1-10H;3-8H2,1-2H3;3-6H,1-2H3;2*1H4. The van der Waals surface area contributed by atoms with E-state index in [9.17, 15) is 14.4 Å². The number of benzene rings is 3. The van der Waals surface area contributed by atoms with Gasteiger partial charge in [-0.25, -0.2) is 9.59 Å². The van der Waals surface area contributed by atoms with Gasteiger partial charge >= 0.3 is 11.9 Å². The van der Waals surface area contributed by atoms with Crippen LogP contribution in [-0.2, 0) is 28.5 Å². The zero-order chi connectivity index (χ0) is 28.7. The third-order valence-electron chi connectivity index (χ3n) is 4.92. The quantitative estimate of drug-likeness (QED) is 0.0965. The lowest BCUT2D eigenvalue weighted by Gasteiger charge is -2.05. The number of carbonyl (C=O) groups is 3. The molecule has 0 saturated carbocycles. The molecule has 0 aliphatic carbocycles. The lowest BCUT2D eigenvalue weighted by molar-refractivity contribution is -0.150. The maximum Gasteiger partial charge on any atom is 0.332 e. The van der Waals surface area contributed by atoms with E-state index in [1.54, 1.807) is 11.8 Å². The van der Waals surface area contributed by atoms with Crippen LogP contribution in [-0.4, -0.2) is 64.6 Å². The molecule has 3 aromatic carbocycles. The first kappa shape index (κ1) is 39.7. The zero-order valence-electron chi connectivity index (χ0n) is 23.1. The fraction of sp³-hybridized carbons (Fsp3) is 0.364. The van der Waals surface area contributed by atoms with Crippen molar-refractivity contribution in [2.45, 2.75) is 39.5 Å². The summed E-state index contributed by atoms with van der Waals surface area (Å²) >= 11 is 1.78. The number of rotatable bonds is 12. The minimum absolute atomic E-state index is 0. The smallest absolute Gasteiger partial charge is 0.332 e. The number of ketones is 1. The summed E-state index contributed by atoms with van der Waals surface area (Å²) in [7, 11) is 2.85. The van der Waals surface area contributed by atoms with Gasteiger partial charge in [-0.15, -0.1) is 11.8 Å². The number of unbranched alkanes of at least 4 members (excludes halogenated alkanes) is 1. The molecular weight excluding hydrogens is 540 g/mol. The van der Waals surface area contributed by atoms with Gasteiger partial charge in [-0.3, -0.25) is 4.79 Å². The zero-order valence-corrected chi connectivity index (χ0v) is 23.9. The maximum atomic E-state index is 11.8. The fourth-order valence-corrected chi connectivity index (χ4v) is 3.32. The normalized spacial score (nSPS) is 9.27. The Hall–Kier alpha value is -3.46. The van der Waals surface area contributed by atoms with E-state index in [0.29, 0.717) is 26.1 Å². The molecule has 0 heterocycles. The highest BCUT2D eigenvalue weighted by Gasteiger charge is 2.06. The highest BCUT2D eigenvalue weighted by Crippen LogP contribution is 2.13. The van der Waals surface area contributed by atoms with Gasteiger partial charge in [0, 0.05) is 30.2 Å². The molecule has 3 aromatic rings. The molecule has 0 N–H and O–H groups in total. The van der Waals surface area contributed by atoms with Gasteiger partial charge in [0.1, 0.15) is 13.2 Å². The first-order valence-electron chi connectivity index (χ1n) is 12.5. The molecule has 8 heteroatoms. The first-order chi connectivity index (χ1) is 18.9. The summed E-state index contributed by atoms with van der Waals surface area (Å²) in [4.78, 5) is 34.8. The average molecular weight is 587 g/mol. The Morgan fingerprint density at radius 1 is 0.634 bits per heavy atom. The Bertz CT molecular complexity index is 1010. The van der Waals surface area contributed by atoms with E-state index in [2.05, 4.69) is 46.9 Å². The Labute approximate surface area is 250 Å². The van der Waals surface area contributed by atoms with Crippen molar-refractivity contribution >= 4 is 29.5 Å². The molecule has 0 unspecified atom stereocenters. The van der Waals surface area contributed by atoms with Gasteiger partial charge < -0.3 is 18.9 Å². The number of esters is 2. The molecule has 226 valence electrons. The summed E-state index contributed by atoms with van der Waals surface area (Å²) in [6, 6.07) is 27.1. The molecule has 0 spiro atoms. The van der Waals surface area contributed by atoms with Crippen LogP contribution in [0.25, 0.3) is 0 Å². The van der Waals surface area contributed by atoms with Gasteiger partial charge in [0.15, 0.2) is 5.78 Å². The van der Waals surface area contributed by atoms with Crippen molar-refractivity contribution in [2.75, 3.05) is 46.9 Å². The molecule has 0 fully saturated rings. The molecule has 0 aliphatic rings. The molecular formula is C33H46O7S. The third kappa shape index (κ3) is 19.3. The molecule has 41 heavy (non-hydrogen) atoms. The van der Waals surface area contributed by atoms with Crippen molar-refractivity contribution in [3.8, 4) is 0 Å². The van der Waals surface area contributed by atoms with Crippen LogP contribution in [0.2, 0.25) is 0 Å². The van der Waals surface area contributed by atoms with Gasteiger partial charge in [0.25, 0.3) is 0 Å². The molecule has 0 saturated heterocycles. The predicted octanol–water partition coefficient (Wildman–Crippen LogP) is 7.05. The summed E-state index contributed by atoms with van der Waals surface area (Å²) in [5, 5.41) is 0. The summed E-state index contributed by atoms with van der Waals surface area (Å²) in [6.07, 6.45) is 3.39. The second-order valence-corrected chi connectivity index (χ2v) is 8.97. The number of methoxy groups -OCH3 is 2. The highest BCUT2D eigenvalue weighted by molar-refractivity contribution is 7.98. The van der Waals surface area contributed by atoms with Crippen LogP contribution in [0.3, 0.4) is 0 Å². The SMILES string of the molecule is C.C.COCC(=O)OCCCCOC(=O)COC.CSc1ccc(C)cc1.O=C(c1ccccc1)c1ccccc1. The van der Waals surface area contributed by atoms with Crippen LogP contribution in [0.5, 0.6) is 0 Å². The van der Waals surface area contributed by atoms with Gasteiger partial charge in [-0.1, -0.05) is 93.2 Å². The molecule has 0 atom stereocenters. The highest BCUT2D eigenvalue weighted by atomic mass is 32.2. The number of hydrogen-bond donors (Lipinski definition) is 0. The minimum Gasteiger partial charge on any atom is -0.464 e. The number of hydrogen-bond acceptors (Lipinski definition) is 8. The Morgan fingerprint density at radius 3 is 1.37 bits per heavy atom. The van der Waals surface area contributed by atoms with Crippen LogP contribution in [0.4, 0.5) is 0 Å². The van der Waals surface area contributed by atoms with E-state index in [1.807, 2.05) is 60.7 Å². The lowest BCUT2D eigenvalue weighted by atomic mass is 10.0. The Balaban J connectivity index is 0. The first-order valence-corrected chi connectivity index (χ1v) is 13.7. The van der Waals surface area contributed by atoms with Gasteiger partial charge in [0.05, 0.1) is 13.2 Å². The van der Waals surface area contributed by atoms with E-state index in [0.717, 1.165) is 11.1 Å². The molecule has 0 radical (unpaired) electrons. The molecule has 0 aromatic heterocycles. The lowest BCUT2D eigenvalue weighted by Crippen LogP contribution is -2.14. The van der Waals surface area contributed by atoms with E-state index < -0.39 is 0 Å². The largest absolute Gasteiger partial charge is 0.464 e. The second kappa shape index (κ2) is 25.5. The number of ether oxygens (including phenoxy) is 4. The summed E-state index contributed by atoms with van der Waals surface area (Å²) < 4.78 is 18.8. The van der Waals surface area contributed by atoms with E-state index in [-0.39, 0.29) is 45.8 Å². The molecule has 0 bridgehead atoms. The fourth-order valence-electron chi connectivity index (χ4n) is 2.92. The predicted molar refractivity (Wildman–Crippen MR) is 168 cm³/mol. The topological polar surface area (TPSA) is 88.1 Å². The number of carbonyl (C=O) groups excluding carboxylic acids is 3. The Kier molecular flexibility index (Phi) is 24.7. The van der Waals surface area contributed by atoms with E-state index >= 15 is 0 Å². The molecule has 7 nitrogen and oxygen atoms in total. The van der Waals surface area contributed by atoms with E-state index in [4.69, 9.17) is 9.47 Å². The van der Waals surface area contributed by atoms with Crippen molar-refractivity contribution in [2.24, 2.45) is 0 Å². The summed E-state index contributed by atoms with van der Waals surface area (Å²) in [5.74, 6) is -0.705. The van der Waals surface area contributed by atoms with Gasteiger partial charge in [0.2, 0.25) is 0 Å². The maximum absolute atomic E-state index is 11.8. The average Bonchev–Trinajstić information content (AvgIpc) is 2.97. The Morgan fingerprint density at radius 2 is 1.02 bits per heavy atom. The monoisotopic (exact) mass is 586 g/mol. The molecule has 0 aliphatic heterocycles. The van der Waals surface area contributed by atoms with Crippen molar-refractivity contribution in [1.82, 2.24) is 0 Å². The third-order valence-corrected chi connectivity index (χ3v) is 5.66. The molecule has 3 rings (SSSR count). The summed E-state index contributed by atoms with van der Waals surface area (Å²) in [5.41, 5.74) is 2.80. The van der Waals surface area contributed by atoms with Crippen LogP contribution < -0.4 is 0 Å². The van der Waals surface area contributed by atoms with Crippen molar-refractivity contribution < 1.29 is 33.3 Å². The van der Waals surface area contributed by atoms with Crippen molar-refractivity contribution in [3.05, 3.63) is 102 Å².